The van der Waals surface area contributed by atoms with Crippen LogP contribution in [0.3, 0.4) is 0 Å². The van der Waals surface area contributed by atoms with E-state index in [-0.39, 0.29) is 0 Å². The molecule has 0 saturated carbocycles. The lowest BCUT2D eigenvalue weighted by atomic mass is 10.1. The van der Waals surface area contributed by atoms with E-state index in [0.29, 0.717) is 0 Å². The Labute approximate surface area is 64.6 Å². The molecule has 0 heterocycles. The first-order valence-corrected chi connectivity index (χ1v) is 4.07. The predicted molar refractivity (Wildman–Crippen MR) is 48.1 cm³/mol. The molecule has 0 saturated heterocycles. The van der Waals surface area contributed by atoms with Crippen molar-refractivity contribution < 1.29 is 0 Å². The molecule has 0 aliphatic rings. The monoisotopic (exact) mass is 138 g/mol. The van der Waals surface area contributed by atoms with Gasteiger partial charge in [-0.1, -0.05) is 31.6 Å². The summed E-state index contributed by atoms with van der Waals surface area (Å²) in [5.41, 5.74) is 3.01. The largest absolute Gasteiger partial charge is 0.0874 e. The van der Waals surface area contributed by atoms with Crippen molar-refractivity contribution in [1.82, 2.24) is 0 Å². The fourth-order valence-corrected chi connectivity index (χ4v) is 0.990. The quantitative estimate of drug-likeness (QED) is 0.522. The molecule has 0 aromatic carbocycles. The Balaban J connectivity index is 4.29. The molecular formula is C10H18. The predicted octanol–water partition coefficient (Wildman–Crippen LogP) is 3.70. The highest BCUT2D eigenvalue weighted by Gasteiger charge is 1.91. The summed E-state index contributed by atoms with van der Waals surface area (Å²) in [6, 6.07) is 0. The van der Waals surface area contributed by atoms with E-state index in [1.165, 1.54) is 17.6 Å². The minimum atomic E-state index is 1.16. The van der Waals surface area contributed by atoms with Gasteiger partial charge in [-0.15, -0.1) is 0 Å². The van der Waals surface area contributed by atoms with Crippen molar-refractivity contribution in [2.24, 2.45) is 0 Å². The maximum absolute atomic E-state index is 2.21. The van der Waals surface area contributed by atoms with Gasteiger partial charge in [-0.05, 0) is 32.3 Å². The molecular weight excluding hydrogens is 120 g/mol. The molecule has 0 fully saturated rings. The summed E-state index contributed by atoms with van der Waals surface area (Å²) >= 11 is 0. The van der Waals surface area contributed by atoms with Gasteiger partial charge in [0.1, 0.15) is 0 Å². The Bertz CT molecular complexity index is 138. The van der Waals surface area contributed by atoms with Crippen molar-refractivity contribution in [2.45, 2.75) is 40.5 Å². The molecule has 10 heavy (non-hydrogen) atoms. The van der Waals surface area contributed by atoms with Crippen molar-refractivity contribution >= 4 is 0 Å². The van der Waals surface area contributed by atoms with Crippen molar-refractivity contribution in [3.8, 4) is 0 Å². The van der Waals surface area contributed by atoms with Crippen LogP contribution in [0.1, 0.15) is 40.5 Å². The van der Waals surface area contributed by atoms with Gasteiger partial charge < -0.3 is 0 Å². The zero-order chi connectivity index (χ0) is 7.98. The summed E-state index contributed by atoms with van der Waals surface area (Å²) in [5, 5.41) is 0. The van der Waals surface area contributed by atoms with E-state index in [1.807, 2.05) is 0 Å². The second kappa shape index (κ2) is 5.28. The molecule has 0 rings (SSSR count). The maximum atomic E-state index is 2.21. The number of hydrogen-bond acceptors (Lipinski definition) is 0. The van der Waals surface area contributed by atoms with E-state index in [9.17, 15) is 0 Å². The van der Waals surface area contributed by atoms with Crippen LogP contribution in [0.15, 0.2) is 23.3 Å². The molecule has 0 atom stereocenters. The fourth-order valence-electron chi connectivity index (χ4n) is 0.990. The van der Waals surface area contributed by atoms with Crippen molar-refractivity contribution in [2.75, 3.05) is 0 Å². The van der Waals surface area contributed by atoms with Gasteiger partial charge in [0.05, 0.1) is 0 Å². The third-order valence-corrected chi connectivity index (χ3v) is 1.83. The van der Waals surface area contributed by atoms with Gasteiger partial charge in [0, 0.05) is 0 Å². The number of allylic oxidation sites excluding steroid dienone is 4. The molecule has 0 N–H and O–H groups in total. The molecule has 0 aliphatic heterocycles. The van der Waals surface area contributed by atoms with Crippen LogP contribution in [0.5, 0.6) is 0 Å². The lowest BCUT2D eigenvalue weighted by molar-refractivity contribution is 1.01. The lowest BCUT2D eigenvalue weighted by Crippen LogP contribution is -1.81. The highest BCUT2D eigenvalue weighted by molar-refractivity contribution is 5.23. The molecule has 0 radical (unpaired) electrons. The van der Waals surface area contributed by atoms with Crippen LogP contribution in [0, 0.1) is 0 Å². The highest BCUT2D eigenvalue weighted by Crippen LogP contribution is 2.12. The van der Waals surface area contributed by atoms with Gasteiger partial charge in [-0.25, -0.2) is 0 Å². The van der Waals surface area contributed by atoms with Gasteiger partial charge in [0.2, 0.25) is 0 Å². The molecule has 0 nitrogen and oxygen atoms in total. The van der Waals surface area contributed by atoms with E-state index in [4.69, 9.17) is 0 Å². The zero-order valence-electron chi connectivity index (χ0n) is 7.57. The molecule has 58 valence electrons. The summed E-state index contributed by atoms with van der Waals surface area (Å²) < 4.78 is 0. The molecule has 0 amide bonds. The van der Waals surface area contributed by atoms with Crippen molar-refractivity contribution in [3.05, 3.63) is 23.3 Å². The standard InChI is InChI=1S/C10H18/c1-5-8-10(7-3)9(4)6-2/h5,8H,6-7H2,1-4H3/b8-5-,10-9-. The highest BCUT2D eigenvalue weighted by atomic mass is 14.0. The smallest absolute Gasteiger partial charge is 0.0308 e. The lowest BCUT2D eigenvalue weighted by Gasteiger charge is -2.01. The molecule has 0 bridgehead atoms. The third-order valence-electron chi connectivity index (χ3n) is 1.83. The summed E-state index contributed by atoms with van der Waals surface area (Å²) in [6.07, 6.45) is 6.65. The van der Waals surface area contributed by atoms with Crippen LogP contribution in [0.25, 0.3) is 0 Å². The summed E-state index contributed by atoms with van der Waals surface area (Å²) in [7, 11) is 0. The van der Waals surface area contributed by atoms with Crippen LogP contribution < -0.4 is 0 Å². The van der Waals surface area contributed by atoms with Gasteiger partial charge >= 0.3 is 0 Å². The van der Waals surface area contributed by atoms with Crippen LogP contribution in [0.4, 0.5) is 0 Å². The minimum absolute atomic E-state index is 1.16. The van der Waals surface area contributed by atoms with E-state index in [1.54, 1.807) is 0 Å². The Morgan fingerprint density at radius 1 is 1.20 bits per heavy atom. The van der Waals surface area contributed by atoms with E-state index < -0.39 is 0 Å². The summed E-state index contributed by atoms with van der Waals surface area (Å²) in [5.74, 6) is 0. The fraction of sp³-hybridized carbons (Fsp3) is 0.600. The van der Waals surface area contributed by atoms with Crippen molar-refractivity contribution in [1.29, 1.82) is 0 Å². The number of rotatable bonds is 3. The van der Waals surface area contributed by atoms with Gasteiger partial charge in [0.15, 0.2) is 0 Å². The first kappa shape index (κ1) is 9.48. The molecule has 0 aromatic rings. The van der Waals surface area contributed by atoms with E-state index >= 15 is 0 Å². The van der Waals surface area contributed by atoms with E-state index in [2.05, 4.69) is 39.8 Å². The van der Waals surface area contributed by atoms with Gasteiger partial charge in [0.25, 0.3) is 0 Å². The molecule has 0 unspecified atom stereocenters. The van der Waals surface area contributed by atoms with Gasteiger partial charge in [-0.2, -0.15) is 0 Å². The van der Waals surface area contributed by atoms with E-state index in [0.717, 1.165) is 6.42 Å². The average molecular weight is 138 g/mol. The zero-order valence-corrected chi connectivity index (χ0v) is 7.57. The summed E-state index contributed by atoms with van der Waals surface area (Å²) in [4.78, 5) is 0. The molecule has 0 heteroatoms. The Hall–Kier alpha value is -0.520. The van der Waals surface area contributed by atoms with Crippen LogP contribution in [-0.2, 0) is 0 Å². The number of hydrogen-bond donors (Lipinski definition) is 0. The normalized spacial score (nSPS) is 14.0. The SMILES string of the molecule is C/C=C\C(CC)=C(\C)CC. The van der Waals surface area contributed by atoms with Crippen LogP contribution >= 0.6 is 0 Å². The minimum Gasteiger partial charge on any atom is -0.0874 e. The Morgan fingerprint density at radius 2 is 1.80 bits per heavy atom. The second-order valence-corrected chi connectivity index (χ2v) is 2.51. The van der Waals surface area contributed by atoms with Crippen LogP contribution in [0.2, 0.25) is 0 Å². The second-order valence-electron chi connectivity index (χ2n) is 2.51. The van der Waals surface area contributed by atoms with Crippen molar-refractivity contribution in [3.63, 3.8) is 0 Å². The maximum Gasteiger partial charge on any atom is -0.0308 e. The van der Waals surface area contributed by atoms with Gasteiger partial charge in [-0.3, -0.25) is 0 Å². The molecule has 0 spiro atoms. The first-order valence-electron chi connectivity index (χ1n) is 4.07. The molecule has 0 aromatic heterocycles. The summed E-state index contributed by atoms with van der Waals surface area (Å²) in [6.45, 7) is 8.68. The van der Waals surface area contributed by atoms with Crippen LogP contribution in [-0.4, -0.2) is 0 Å². The average Bonchev–Trinajstić information content (AvgIpc) is 1.99. The third kappa shape index (κ3) is 2.86. The molecule has 0 aliphatic carbocycles. The topological polar surface area (TPSA) is 0 Å². The first-order chi connectivity index (χ1) is 4.76. The Kier molecular flexibility index (Phi) is 5.00. The Morgan fingerprint density at radius 3 is 2.10 bits per heavy atom.